The zero-order chi connectivity index (χ0) is 26.0. The van der Waals surface area contributed by atoms with E-state index in [-0.39, 0.29) is 22.3 Å². The normalized spacial score (nSPS) is 10.2. The molecule has 8 heteroatoms. The van der Waals surface area contributed by atoms with Gasteiger partial charge in [-0.05, 0) is 73.9 Å². The molecule has 0 aromatic heterocycles. The summed E-state index contributed by atoms with van der Waals surface area (Å²) in [7, 11) is 0. The Balaban J connectivity index is 0.000000362. The van der Waals surface area contributed by atoms with Crippen LogP contribution in [0, 0.1) is 13.8 Å². The number of carboxylic acid groups (broad SMARTS) is 4. The summed E-state index contributed by atoms with van der Waals surface area (Å²) in [5.74, 6) is -4.75. The van der Waals surface area contributed by atoms with Crippen molar-refractivity contribution in [3.63, 3.8) is 0 Å². The highest BCUT2D eigenvalue weighted by Gasteiger charge is 2.22. The summed E-state index contributed by atoms with van der Waals surface area (Å²) < 4.78 is 0. The van der Waals surface area contributed by atoms with Crippen LogP contribution in [0.2, 0.25) is 0 Å². The van der Waals surface area contributed by atoms with E-state index in [2.05, 4.69) is 6.92 Å². The predicted molar refractivity (Wildman–Crippen MR) is 127 cm³/mol. The highest BCUT2D eigenvalue weighted by molar-refractivity contribution is 6.03. The topological polar surface area (TPSA) is 149 Å². The van der Waals surface area contributed by atoms with Gasteiger partial charge in [-0.25, -0.2) is 19.2 Å². The summed E-state index contributed by atoms with van der Waals surface area (Å²) in [6, 6.07) is 6.11. The molecule has 34 heavy (non-hydrogen) atoms. The Kier molecular flexibility index (Phi) is 10.9. The summed E-state index contributed by atoms with van der Waals surface area (Å²) in [6.07, 6.45) is 5.24. The van der Waals surface area contributed by atoms with Crippen LogP contribution in [0.4, 0.5) is 0 Å². The van der Waals surface area contributed by atoms with Gasteiger partial charge in [0.1, 0.15) is 0 Å². The Labute approximate surface area is 198 Å². The third-order valence-electron chi connectivity index (χ3n) is 5.61. The van der Waals surface area contributed by atoms with Gasteiger partial charge < -0.3 is 20.4 Å². The highest BCUT2D eigenvalue weighted by atomic mass is 16.4. The number of hydrogen-bond acceptors (Lipinski definition) is 4. The number of aryl methyl sites for hydroxylation is 2. The van der Waals surface area contributed by atoms with Crippen LogP contribution in [-0.2, 0) is 12.8 Å². The van der Waals surface area contributed by atoms with Crippen LogP contribution >= 0.6 is 0 Å². The first-order valence-corrected chi connectivity index (χ1v) is 11.2. The van der Waals surface area contributed by atoms with Crippen LogP contribution < -0.4 is 0 Å². The van der Waals surface area contributed by atoms with Crippen molar-refractivity contribution < 1.29 is 39.6 Å². The zero-order valence-corrected chi connectivity index (χ0v) is 20.0. The molecular formula is C26H32O8. The van der Waals surface area contributed by atoms with E-state index in [4.69, 9.17) is 15.3 Å². The molecule has 8 nitrogen and oxygen atoms in total. The third kappa shape index (κ3) is 7.16. The minimum atomic E-state index is -1.22. The lowest BCUT2D eigenvalue weighted by Crippen LogP contribution is -2.14. The fourth-order valence-electron chi connectivity index (χ4n) is 3.62. The second kappa shape index (κ2) is 13.1. The molecule has 0 spiro atoms. The van der Waals surface area contributed by atoms with Crippen molar-refractivity contribution in [1.29, 1.82) is 0 Å². The monoisotopic (exact) mass is 472 g/mol. The number of aromatic carboxylic acids is 4. The molecule has 0 unspecified atom stereocenters. The molecule has 0 atom stereocenters. The van der Waals surface area contributed by atoms with Gasteiger partial charge in [0.25, 0.3) is 0 Å². The van der Waals surface area contributed by atoms with Gasteiger partial charge in [0.15, 0.2) is 0 Å². The molecule has 0 bridgehead atoms. The molecule has 0 fully saturated rings. The first kappa shape index (κ1) is 28.4. The summed E-state index contributed by atoms with van der Waals surface area (Å²) in [6.45, 7) is 7.46. The fraction of sp³-hybridized carbons (Fsp3) is 0.385. The highest BCUT2D eigenvalue weighted by Crippen LogP contribution is 2.24. The smallest absolute Gasteiger partial charge is 0.336 e. The van der Waals surface area contributed by atoms with Crippen LogP contribution in [0.15, 0.2) is 24.3 Å². The van der Waals surface area contributed by atoms with Crippen LogP contribution in [0.1, 0.15) is 103 Å². The Bertz CT molecular complexity index is 1070. The lowest BCUT2D eigenvalue weighted by Gasteiger charge is -2.14. The van der Waals surface area contributed by atoms with Gasteiger partial charge in [0, 0.05) is 0 Å². The van der Waals surface area contributed by atoms with Gasteiger partial charge in [-0.3, -0.25) is 0 Å². The van der Waals surface area contributed by atoms with E-state index in [9.17, 15) is 24.3 Å². The second-order valence-electron chi connectivity index (χ2n) is 7.98. The average Bonchev–Trinajstić information content (AvgIpc) is 2.77. The molecule has 0 saturated carbocycles. The maximum absolute atomic E-state index is 11.5. The second-order valence-corrected chi connectivity index (χ2v) is 7.98. The van der Waals surface area contributed by atoms with Gasteiger partial charge in [-0.2, -0.15) is 0 Å². The standard InChI is InChI=1S/C16H22O4.C10H10O4/c1-3-5-7-11-9-10-13(15(17)18)14(16(19)20)12(11)8-6-4-2;1-5-3-4-7(9(11)12)8(6(5)2)10(13)14/h9-10H,3-8H2,1-2H3,(H,17,18)(H,19,20);3-4H,1-2H3,(H,11,12)(H,13,14). The molecule has 0 aliphatic heterocycles. The van der Waals surface area contributed by atoms with E-state index in [0.717, 1.165) is 43.2 Å². The van der Waals surface area contributed by atoms with Gasteiger partial charge >= 0.3 is 23.9 Å². The van der Waals surface area contributed by atoms with Gasteiger partial charge in [0.2, 0.25) is 0 Å². The van der Waals surface area contributed by atoms with Crippen molar-refractivity contribution in [2.45, 2.75) is 66.2 Å². The van der Waals surface area contributed by atoms with E-state index in [0.29, 0.717) is 17.5 Å². The Hall–Kier alpha value is -3.68. The first-order valence-electron chi connectivity index (χ1n) is 11.2. The SMILES string of the molecule is CCCCc1ccc(C(=O)O)c(C(=O)O)c1CCCC.Cc1ccc(C(=O)O)c(C(=O)O)c1C. The van der Waals surface area contributed by atoms with Gasteiger partial charge in [-0.15, -0.1) is 0 Å². The largest absolute Gasteiger partial charge is 0.478 e. The molecule has 2 rings (SSSR count). The van der Waals surface area contributed by atoms with E-state index >= 15 is 0 Å². The Morgan fingerprint density at radius 2 is 1.12 bits per heavy atom. The molecule has 0 amide bonds. The average molecular weight is 473 g/mol. The van der Waals surface area contributed by atoms with Crippen molar-refractivity contribution >= 4 is 23.9 Å². The third-order valence-corrected chi connectivity index (χ3v) is 5.61. The molecule has 2 aromatic carbocycles. The van der Waals surface area contributed by atoms with Crippen molar-refractivity contribution in [3.05, 3.63) is 68.8 Å². The van der Waals surface area contributed by atoms with E-state index in [1.807, 2.05) is 6.92 Å². The summed E-state index contributed by atoms with van der Waals surface area (Å²) in [5.41, 5.74) is 2.52. The zero-order valence-electron chi connectivity index (χ0n) is 20.0. The summed E-state index contributed by atoms with van der Waals surface area (Å²) in [4.78, 5) is 44.2. The quantitative estimate of drug-likeness (QED) is 0.356. The van der Waals surface area contributed by atoms with Crippen LogP contribution in [0.25, 0.3) is 0 Å². The number of carboxylic acids is 4. The Morgan fingerprint density at radius 3 is 1.59 bits per heavy atom. The number of benzene rings is 2. The van der Waals surface area contributed by atoms with E-state index in [1.54, 1.807) is 26.0 Å². The van der Waals surface area contributed by atoms with Crippen LogP contribution in [-0.4, -0.2) is 44.3 Å². The number of unbranched alkanes of at least 4 members (excludes halogenated alkanes) is 2. The fourth-order valence-corrected chi connectivity index (χ4v) is 3.62. The molecule has 0 aliphatic rings. The van der Waals surface area contributed by atoms with Crippen LogP contribution in [0.3, 0.4) is 0 Å². The molecular weight excluding hydrogens is 440 g/mol. The lowest BCUT2D eigenvalue weighted by atomic mass is 9.90. The summed E-state index contributed by atoms with van der Waals surface area (Å²) in [5, 5.41) is 36.2. The van der Waals surface area contributed by atoms with Gasteiger partial charge in [-0.1, -0.05) is 38.8 Å². The number of hydrogen-bond donors (Lipinski definition) is 4. The van der Waals surface area contributed by atoms with Crippen molar-refractivity contribution in [3.8, 4) is 0 Å². The van der Waals surface area contributed by atoms with E-state index < -0.39 is 23.9 Å². The molecule has 184 valence electrons. The number of carbonyl (C=O) groups is 4. The van der Waals surface area contributed by atoms with Crippen LogP contribution in [0.5, 0.6) is 0 Å². The predicted octanol–water partition coefficient (Wildman–Crippen LogP) is 5.47. The molecule has 0 aliphatic carbocycles. The lowest BCUT2D eigenvalue weighted by molar-refractivity contribution is 0.0650. The molecule has 2 aromatic rings. The summed E-state index contributed by atoms with van der Waals surface area (Å²) >= 11 is 0. The molecule has 4 N–H and O–H groups in total. The maximum atomic E-state index is 11.5. The molecule has 0 radical (unpaired) electrons. The van der Waals surface area contributed by atoms with Crippen molar-refractivity contribution in [1.82, 2.24) is 0 Å². The number of rotatable bonds is 10. The van der Waals surface area contributed by atoms with Gasteiger partial charge in [0.05, 0.1) is 22.3 Å². The van der Waals surface area contributed by atoms with Crippen molar-refractivity contribution in [2.24, 2.45) is 0 Å². The first-order chi connectivity index (χ1) is 16.0. The minimum absolute atomic E-state index is 0.0282. The van der Waals surface area contributed by atoms with Crippen molar-refractivity contribution in [2.75, 3.05) is 0 Å². The Morgan fingerprint density at radius 1 is 0.647 bits per heavy atom. The molecule has 0 heterocycles. The minimum Gasteiger partial charge on any atom is -0.478 e. The van der Waals surface area contributed by atoms with E-state index in [1.165, 1.54) is 12.1 Å². The maximum Gasteiger partial charge on any atom is 0.336 e. The molecule has 0 saturated heterocycles.